The minimum atomic E-state index is -0.698. The van der Waals surface area contributed by atoms with Gasteiger partial charge in [-0.1, -0.05) is 27.2 Å². The Hall–Kier alpha value is -1.89. The van der Waals surface area contributed by atoms with E-state index < -0.39 is 5.54 Å². The molecule has 1 unspecified atom stereocenters. The Balaban J connectivity index is 1.79. The highest BCUT2D eigenvalue weighted by Crippen LogP contribution is 2.37. The average Bonchev–Trinajstić information content (AvgIpc) is 3.04. The molecule has 1 aromatic rings. The van der Waals surface area contributed by atoms with Crippen LogP contribution in [0.4, 0.5) is 0 Å². The molecule has 2 aliphatic rings. The van der Waals surface area contributed by atoms with Crippen molar-refractivity contribution >= 4 is 11.8 Å². The fourth-order valence-electron chi connectivity index (χ4n) is 5.28. The summed E-state index contributed by atoms with van der Waals surface area (Å²) in [7, 11) is 0. The van der Waals surface area contributed by atoms with Crippen LogP contribution in [-0.2, 0) is 9.59 Å². The number of likely N-dealkylation sites (tertiary alicyclic amines) is 1. The van der Waals surface area contributed by atoms with E-state index in [2.05, 4.69) is 55.0 Å². The Labute approximate surface area is 181 Å². The number of hydrogen-bond acceptors (Lipinski definition) is 4. The summed E-state index contributed by atoms with van der Waals surface area (Å²) in [5.74, 6) is 0.525. The highest BCUT2D eigenvalue weighted by Gasteiger charge is 2.53. The average molecular weight is 418 g/mol. The fourth-order valence-corrected chi connectivity index (χ4v) is 5.28. The first kappa shape index (κ1) is 22.8. The summed E-state index contributed by atoms with van der Waals surface area (Å²) < 4.78 is 0. The van der Waals surface area contributed by atoms with Gasteiger partial charge in [-0.15, -0.1) is 0 Å². The zero-order valence-corrected chi connectivity index (χ0v) is 19.5. The molecule has 3 heterocycles. The molecule has 0 aliphatic carbocycles. The van der Waals surface area contributed by atoms with E-state index in [1.165, 1.54) is 5.56 Å². The zero-order valence-electron chi connectivity index (χ0n) is 19.5. The molecule has 7 nitrogen and oxygen atoms in total. The SMILES string of the molecule is CCCCN1C(=O)[C@H](CC(C)C)NC(=O)C12CCN(C(C)c1c(C)n[nH]c1C)CC2. The van der Waals surface area contributed by atoms with Gasteiger partial charge in [-0.2, -0.15) is 5.10 Å². The van der Waals surface area contributed by atoms with Crippen molar-refractivity contribution in [2.24, 2.45) is 5.92 Å². The van der Waals surface area contributed by atoms with Crippen molar-refractivity contribution in [1.82, 2.24) is 25.3 Å². The number of aromatic amines is 1. The lowest BCUT2D eigenvalue weighted by Gasteiger charge is -2.52. The first-order valence-corrected chi connectivity index (χ1v) is 11.6. The number of aryl methyl sites for hydroxylation is 2. The van der Waals surface area contributed by atoms with Gasteiger partial charge in [0, 0.05) is 36.9 Å². The molecular formula is C23H39N5O2. The number of H-pyrrole nitrogens is 1. The molecule has 0 aromatic carbocycles. The van der Waals surface area contributed by atoms with Crippen LogP contribution < -0.4 is 5.32 Å². The first-order chi connectivity index (χ1) is 14.2. The minimum absolute atomic E-state index is 0.0480. The summed E-state index contributed by atoms with van der Waals surface area (Å²) >= 11 is 0. The third kappa shape index (κ3) is 4.13. The van der Waals surface area contributed by atoms with Gasteiger partial charge >= 0.3 is 0 Å². The Kier molecular flexibility index (Phi) is 6.90. The first-order valence-electron chi connectivity index (χ1n) is 11.6. The van der Waals surface area contributed by atoms with E-state index in [0.717, 1.165) is 37.3 Å². The summed E-state index contributed by atoms with van der Waals surface area (Å²) in [5.41, 5.74) is 2.69. The van der Waals surface area contributed by atoms with Crippen molar-refractivity contribution in [3.63, 3.8) is 0 Å². The number of carbonyl (C=O) groups excluding carboxylic acids is 2. The number of piperidine rings is 1. The van der Waals surface area contributed by atoms with Crippen LogP contribution in [0.2, 0.25) is 0 Å². The lowest BCUT2D eigenvalue weighted by molar-refractivity contribution is -0.162. The molecule has 2 fully saturated rings. The molecule has 2 N–H and O–H groups in total. The molecule has 2 aliphatic heterocycles. The van der Waals surface area contributed by atoms with E-state index in [9.17, 15) is 9.59 Å². The summed E-state index contributed by atoms with van der Waals surface area (Å²) in [6.45, 7) is 14.9. The molecule has 168 valence electrons. The minimum Gasteiger partial charge on any atom is -0.342 e. The van der Waals surface area contributed by atoms with E-state index in [1.54, 1.807) is 0 Å². The fraction of sp³-hybridized carbons (Fsp3) is 0.783. The van der Waals surface area contributed by atoms with E-state index in [4.69, 9.17) is 0 Å². The maximum Gasteiger partial charge on any atom is 0.246 e. The van der Waals surface area contributed by atoms with Crippen LogP contribution in [0.3, 0.4) is 0 Å². The molecule has 1 spiro atoms. The molecule has 2 amide bonds. The summed E-state index contributed by atoms with van der Waals surface area (Å²) in [4.78, 5) is 31.1. The molecule has 0 radical (unpaired) electrons. The molecule has 7 heteroatoms. The maximum atomic E-state index is 13.4. The Morgan fingerprint density at radius 1 is 1.17 bits per heavy atom. The lowest BCUT2D eigenvalue weighted by Crippen LogP contribution is -2.73. The highest BCUT2D eigenvalue weighted by atomic mass is 16.2. The number of aromatic nitrogens is 2. The van der Waals surface area contributed by atoms with Crippen LogP contribution in [0.5, 0.6) is 0 Å². The smallest absolute Gasteiger partial charge is 0.246 e. The van der Waals surface area contributed by atoms with E-state index in [-0.39, 0.29) is 23.9 Å². The van der Waals surface area contributed by atoms with Gasteiger partial charge in [0.25, 0.3) is 0 Å². The normalized spacial score (nSPS) is 23.3. The van der Waals surface area contributed by atoms with E-state index in [0.29, 0.717) is 31.7 Å². The standard InChI is InChI=1S/C23H39N5O2/c1-7-8-11-28-21(29)19(14-15(2)3)24-22(30)23(28)9-12-27(13-10-23)18(6)20-16(4)25-26-17(20)5/h15,18-19H,7-14H2,1-6H3,(H,24,30)(H,25,26)/t18?,19-/m0/s1. The van der Waals surface area contributed by atoms with Gasteiger partial charge in [0.15, 0.2) is 0 Å². The van der Waals surface area contributed by atoms with Gasteiger partial charge in [0.2, 0.25) is 11.8 Å². The van der Waals surface area contributed by atoms with Crippen molar-refractivity contribution in [2.45, 2.75) is 91.3 Å². The molecule has 0 saturated carbocycles. The van der Waals surface area contributed by atoms with Gasteiger partial charge in [0.1, 0.15) is 11.6 Å². The third-order valence-electron chi connectivity index (χ3n) is 7.03. The molecule has 3 rings (SSSR count). The quantitative estimate of drug-likeness (QED) is 0.714. The molecule has 0 bridgehead atoms. The largest absolute Gasteiger partial charge is 0.342 e. The number of rotatable bonds is 7. The van der Waals surface area contributed by atoms with Gasteiger partial charge in [-0.25, -0.2) is 0 Å². The number of carbonyl (C=O) groups is 2. The van der Waals surface area contributed by atoms with Crippen LogP contribution in [0.25, 0.3) is 0 Å². The third-order valence-corrected chi connectivity index (χ3v) is 7.03. The maximum absolute atomic E-state index is 13.4. The Morgan fingerprint density at radius 3 is 2.37 bits per heavy atom. The van der Waals surface area contributed by atoms with Crippen LogP contribution in [0.15, 0.2) is 0 Å². The van der Waals surface area contributed by atoms with Gasteiger partial charge in [0.05, 0.1) is 5.69 Å². The van der Waals surface area contributed by atoms with Gasteiger partial charge in [-0.3, -0.25) is 19.6 Å². The number of hydrogen-bond donors (Lipinski definition) is 2. The van der Waals surface area contributed by atoms with Crippen molar-refractivity contribution in [1.29, 1.82) is 0 Å². The van der Waals surface area contributed by atoms with Gasteiger partial charge < -0.3 is 10.2 Å². The monoisotopic (exact) mass is 417 g/mol. The van der Waals surface area contributed by atoms with Crippen LogP contribution >= 0.6 is 0 Å². The second-order valence-corrected chi connectivity index (χ2v) is 9.59. The number of piperazine rings is 1. The topological polar surface area (TPSA) is 81.3 Å². The van der Waals surface area contributed by atoms with Crippen LogP contribution in [0, 0.1) is 19.8 Å². The van der Waals surface area contributed by atoms with E-state index in [1.807, 2.05) is 11.8 Å². The second-order valence-electron chi connectivity index (χ2n) is 9.59. The number of nitrogens with zero attached hydrogens (tertiary/aromatic N) is 3. The number of nitrogens with one attached hydrogen (secondary N) is 2. The molecular weight excluding hydrogens is 378 g/mol. The molecule has 1 aromatic heterocycles. The summed E-state index contributed by atoms with van der Waals surface area (Å²) in [5, 5.41) is 10.5. The Morgan fingerprint density at radius 2 is 1.83 bits per heavy atom. The highest BCUT2D eigenvalue weighted by molar-refractivity contribution is 6.00. The van der Waals surface area contributed by atoms with Crippen LogP contribution in [-0.4, -0.2) is 63.0 Å². The van der Waals surface area contributed by atoms with Crippen molar-refractivity contribution < 1.29 is 9.59 Å². The summed E-state index contributed by atoms with van der Waals surface area (Å²) in [6.07, 6.45) is 4.01. The summed E-state index contributed by atoms with van der Waals surface area (Å²) in [6, 6.07) is -0.144. The van der Waals surface area contributed by atoms with Gasteiger partial charge in [-0.05, 0) is 52.4 Å². The Bertz CT molecular complexity index is 744. The van der Waals surface area contributed by atoms with Crippen molar-refractivity contribution in [3.8, 4) is 0 Å². The van der Waals surface area contributed by atoms with Crippen molar-refractivity contribution in [3.05, 3.63) is 17.0 Å². The molecule has 2 saturated heterocycles. The zero-order chi connectivity index (χ0) is 22.1. The predicted octanol–water partition coefficient (Wildman–Crippen LogP) is 3.10. The second kappa shape index (κ2) is 9.08. The lowest BCUT2D eigenvalue weighted by atomic mass is 9.80. The number of unbranched alkanes of at least 4 members (excludes halogenated alkanes) is 1. The van der Waals surface area contributed by atoms with E-state index >= 15 is 0 Å². The molecule has 2 atom stereocenters. The predicted molar refractivity (Wildman–Crippen MR) is 118 cm³/mol. The van der Waals surface area contributed by atoms with Crippen LogP contribution in [0.1, 0.15) is 82.8 Å². The number of amides is 2. The van der Waals surface area contributed by atoms with Crippen molar-refractivity contribution in [2.75, 3.05) is 19.6 Å². The molecule has 30 heavy (non-hydrogen) atoms.